The lowest BCUT2D eigenvalue weighted by Gasteiger charge is -2.33. The highest BCUT2D eigenvalue weighted by atomic mass is 32.1. The molecule has 0 bridgehead atoms. The lowest BCUT2D eigenvalue weighted by Crippen LogP contribution is -2.45. The van der Waals surface area contributed by atoms with Crippen LogP contribution in [0.2, 0.25) is 0 Å². The SMILES string of the molecule is CCOC(=O)c1ccc(NC(=S)N2CCCC(C(N)=O)C2)cc1. The molecule has 2 rings (SSSR count). The van der Waals surface area contributed by atoms with Gasteiger partial charge < -0.3 is 20.7 Å². The van der Waals surface area contributed by atoms with Crippen LogP contribution in [0.5, 0.6) is 0 Å². The van der Waals surface area contributed by atoms with Gasteiger partial charge in [-0.15, -0.1) is 0 Å². The normalized spacial score (nSPS) is 17.4. The fraction of sp³-hybridized carbons (Fsp3) is 0.438. The molecule has 3 N–H and O–H groups in total. The summed E-state index contributed by atoms with van der Waals surface area (Å²) in [6, 6.07) is 6.92. The van der Waals surface area contributed by atoms with Crippen molar-refractivity contribution in [3.05, 3.63) is 29.8 Å². The number of benzene rings is 1. The number of carbonyl (C=O) groups excluding carboxylic acids is 2. The number of anilines is 1. The number of hydrogen-bond acceptors (Lipinski definition) is 4. The molecular formula is C16H21N3O3S. The fourth-order valence-corrected chi connectivity index (χ4v) is 2.78. The maximum absolute atomic E-state index is 11.6. The van der Waals surface area contributed by atoms with Crippen molar-refractivity contribution < 1.29 is 14.3 Å². The summed E-state index contributed by atoms with van der Waals surface area (Å²) < 4.78 is 4.94. The Morgan fingerprint density at radius 3 is 2.70 bits per heavy atom. The summed E-state index contributed by atoms with van der Waals surface area (Å²) in [7, 11) is 0. The van der Waals surface area contributed by atoms with Gasteiger partial charge in [0.2, 0.25) is 5.91 Å². The van der Waals surface area contributed by atoms with Gasteiger partial charge >= 0.3 is 5.97 Å². The number of primary amides is 1. The second-order valence-electron chi connectivity index (χ2n) is 5.42. The number of nitrogens with two attached hydrogens (primary N) is 1. The summed E-state index contributed by atoms with van der Waals surface area (Å²) in [5.41, 5.74) is 6.66. The number of nitrogens with one attached hydrogen (secondary N) is 1. The van der Waals surface area contributed by atoms with Crippen molar-refractivity contribution in [2.24, 2.45) is 11.7 Å². The maximum atomic E-state index is 11.6. The van der Waals surface area contributed by atoms with Crippen molar-refractivity contribution in [1.29, 1.82) is 0 Å². The Hall–Kier alpha value is -2.15. The monoisotopic (exact) mass is 335 g/mol. The van der Waals surface area contributed by atoms with Gasteiger partial charge in [-0.3, -0.25) is 4.79 Å². The summed E-state index contributed by atoms with van der Waals surface area (Å²) in [6.45, 7) is 3.46. The standard InChI is InChI=1S/C16H21N3O3S/c1-2-22-15(21)11-5-7-13(8-6-11)18-16(23)19-9-3-4-12(10-19)14(17)20/h5-8,12H,2-4,9-10H2,1H3,(H2,17,20)(H,18,23). The Kier molecular flexibility index (Phi) is 5.92. The van der Waals surface area contributed by atoms with E-state index in [1.165, 1.54) is 0 Å². The second kappa shape index (κ2) is 7.92. The molecule has 1 fully saturated rings. The Bertz CT molecular complexity index is 589. The lowest BCUT2D eigenvalue weighted by atomic mass is 9.98. The molecule has 1 heterocycles. The molecule has 1 unspecified atom stereocenters. The van der Waals surface area contributed by atoms with Crippen LogP contribution in [0.15, 0.2) is 24.3 Å². The van der Waals surface area contributed by atoms with Gasteiger partial charge in [0.25, 0.3) is 0 Å². The second-order valence-corrected chi connectivity index (χ2v) is 5.80. The molecule has 0 aromatic heterocycles. The lowest BCUT2D eigenvalue weighted by molar-refractivity contribution is -0.122. The molecule has 1 amide bonds. The third-order valence-electron chi connectivity index (χ3n) is 3.76. The zero-order chi connectivity index (χ0) is 16.8. The molecule has 1 atom stereocenters. The highest BCUT2D eigenvalue weighted by Crippen LogP contribution is 2.18. The first-order valence-electron chi connectivity index (χ1n) is 7.63. The van der Waals surface area contributed by atoms with Gasteiger partial charge in [-0.2, -0.15) is 0 Å². The number of piperidine rings is 1. The average Bonchev–Trinajstić information content (AvgIpc) is 2.55. The topological polar surface area (TPSA) is 84.7 Å². The number of rotatable bonds is 4. The summed E-state index contributed by atoms with van der Waals surface area (Å²) in [5.74, 6) is -0.784. The molecule has 0 saturated carbocycles. The summed E-state index contributed by atoms with van der Waals surface area (Å²) in [5, 5.41) is 3.68. The summed E-state index contributed by atoms with van der Waals surface area (Å²) in [6.07, 6.45) is 1.69. The zero-order valence-corrected chi connectivity index (χ0v) is 13.9. The first-order valence-corrected chi connectivity index (χ1v) is 8.04. The molecule has 124 valence electrons. The van der Waals surface area contributed by atoms with E-state index in [0.29, 0.717) is 23.8 Å². The van der Waals surface area contributed by atoms with E-state index >= 15 is 0 Å². The predicted molar refractivity (Wildman–Crippen MR) is 92.1 cm³/mol. The molecule has 0 radical (unpaired) electrons. The number of esters is 1. The van der Waals surface area contributed by atoms with E-state index in [0.717, 1.165) is 25.1 Å². The number of amides is 1. The van der Waals surface area contributed by atoms with Crippen LogP contribution in [0.1, 0.15) is 30.1 Å². The van der Waals surface area contributed by atoms with Crippen LogP contribution in [-0.2, 0) is 9.53 Å². The van der Waals surface area contributed by atoms with E-state index in [1.54, 1.807) is 31.2 Å². The van der Waals surface area contributed by atoms with E-state index in [4.69, 9.17) is 22.7 Å². The molecule has 1 saturated heterocycles. The fourth-order valence-electron chi connectivity index (χ4n) is 2.50. The third-order valence-corrected chi connectivity index (χ3v) is 4.12. The minimum Gasteiger partial charge on any atom is -0.462 e. The van der Waals surface area contributed by atoms with Crippen LogP contribution in [0, 0.1) is 5.92 Å². The molecule has 0 aliphatic carbocycles. The minimum atomic E-state index is -0.345. The molecule has 1 aliphatic rings. The van der Waals surface area contributed by atoms with Gasteiger partial charge in [-0.25, -0.2) is 4.79 Å². The largest absolute Gasteiger partial charge is 0.462 e. The van der Waals surface area contributed by atoms with Crippen molar-refractivity contribution in [3.8, 4) is 0 Å². The van der Waals surface area contributed by atoms with Crippen molar-refractivity contribution >= 4 is 34.9 Å². The van der Waals surface area contributed by atoms with E-state index in [-0.39, 0.29) is 17.8 Å². The molecule has 6 nitrogen and oxygen atoms in total. The summed E-state index contributed by atoms with van der Waals surface area (Å²) in [4.78, 5) is 24.9. The Balaban J connectivity index is 1.94. The molecule has 7 heteroatoms. The Morgan fingerprint density at radius 1 is 1.39 bits per heavy atom. The Morgan fingerprint density at radius 2 is 2.09 bits per heavy atom. The minimum absolute atomic E-state index is 0.158. The molecule has 1 aromatic rings. The zero-order valence-electron chi connectivity index (χ0n) is 13.1. The number of ether oxygens (including phenoxy) is 1. The van der Waals surface area contributed by atoms with Crippen molar-refractivity contribution in [3.63, 3.8) is 0 Å². The van der Waals surface area contributed by atoms with Gasteiger partial charge in [0, 0.05) is 18.8 Å². The molecule has 1 aromatic carbocycles. The number of carbonyl (C=O) groups is 2. The molecule has 0 spiro atoms. The van der Waals surface area contributed by atoms with E-state index in [2.05, 4.69) is 5.32 Å². The highest BCUT2D eigenvalue weighted by Gasteiger charge is 2.25. The third kappa shape index (κ3) is 4.66. The van der Waals surface area contributed by atoms with Crippen LogP contribution in [0.3, 0.4) is 0 Å². The van der Waals surface area contributed by atoms with E-state index in [1.807, 2.05) is 4.90 Å². The van der Waals surface area contributed by atoms with Crippen LogP contribution >= 0.6 is 12.2 Å². The number of thiocarbonyl (C=S) groups is 1. The van der Waals surface area contributed by atoms with Crippen LogP contribution in [0.25, 0.3) is 0 Å². The van der Waals surface area contributed by atoms with Gasteiger partial charge in [0.05, 0.1) is 18.1 Å². The van der Waals surface area contributed by atoms with Gasteiger partial charge in [0.1, 0.15) is 0 Å². The maximum Gasteiger partial charge on any atom is 0.338 e. The Labute approximate surface area is 141 Å². The van der Waals surface area contributed by atoms with Crippen LogP contribution in [0.4, 0.5) is 5.69 Å². The average molecular weight is 335 g/mol. The number of nitrogens with zero attached hydrogens (tertiary/aromatic N) is 1. The van der Waals surface area contributed by atoms with Crippen molar-refractivity contribution in [2.45, 2.75) is 19.8 Å². The summed E-state index contributed by atoms with van der Waals surface area (Å²) >= 11 is 5.39. The first kappa shape index (κ1) is 17.2. The van der Waals surface area contributed by atoms with E-state index in [9.17, 15) is 9.59 Å². The molecular weight excluding hydrogens is 314 g/mol. The van der Waals surface area contributed by atoms with Crippen LogP contribution in [-0.4, -0.2) is 41.6 Å². The predicted octanol–water partition coefficient (Wildman–Crippen LogP) is 1.76. The van der Waals surface area contributed by atoms with Crippen molar-refractivity contribution in [1.82, 2.24) is 4.90 Å². The molecule has 1 aliphatic heterocycles. The van der Waals surface area contributed by atoms with Gasteiger partial charge in [0.15, 0.2) is 5.11 Å². The first-order chi connectivity index (χ1) is 11.0. The van der Waals surface area contributed by atoms with Gasteiger partial charge in [-0.05, 0) is 56.2 Å². The number of likely N-dealkylation sites (tertiary alicyclic amines) is 1. The molecule has 23 heavy (non-hydrogen) atoms. The van der Waals surface area contributed by atoms with Crippen LogP contribution < -0.4 is 11.1 Å². The van der Waals surface area contributed by atoms with E-state index < -0.39 is 0 Å². The highest BCUT2D eigenvalue weighted by molar-refractivity contribution is 7.80. The quantitative estimate of drug-likeness (QED) is 0.644. The number of hydrogen-bond donors (Lipinski definition) is 2. The smallest absolute Gasteiger partial charge is 0.338 e. The van der Waals surface area contributed by atoms with Gasteiger partial charge in [-0.1, -0.05) is 0 Å². The van der Waals surface area contributed by atoms with Crippen molar-refractivity contribution in [2.75, 3.05) is 25.0 Å².